The van der Waals surface area contributed by atoms with Crippen LogP contribution >= 0.6 is 0 Å². The lowest BCUT2D eigenvalue weighted by Crippen LogP contribution is -1.80. The van der Waals surface area contributed by atoms with Gasteiger partial charge in [0.2, 0.25) is 0 Å². The van der Waals surface area contributed by atoms with E-state index < -0.39 is 0 Å². The van der Waals surface area contributed by atoms with E-state index in [1.807, 2.05) is 0 Å². The fraction of sp³-hybridized carbons (Fsp3) is 0. The van der Waals surface area contributed by atoms with E-state index in [4.69, 9.17) is 0 Å². The predicted octanol–water partition coefficient (Wildman–Crippen LogP) is 11.2. The van der Waals surface area contributed by atoms with E-state index in [0.717, 1.165) is 0 Å². The maximum absolute atomic E-state index is 3.75. The standard InChI is InChI=1S/C40H23N3/c1-3-7-35-25(5-1)31-17-27-21(13-37(31)41-35)9-11-23-15-39-33(19-29(23)27)34-20-30-24(16-40(34)43-39)12-10-22-14-38-32(18-28(22)30)26-6-2-4-8-36(26)42-38/h1-20,41-43H. The molecule has 3 nitrogen and oxygen atoms in total. The zero-order valence-electron chi connectivity index (χ0n) is 23.0. The maximum atomic E-state index is 3.75. The summed E-state index contributed by atoms with van der Waals surface area (Å²) >= 11 is 0. The summed E-state index contributed by atoms with van der Waals surface area (Å²) in [5.74, 6) is 0. The van der Waals surface area contributed by atoms with E-state index >= 15 is 0 Å². The number of hydrogen-bond donors (Lipinski definition) is 3. The molecule has 0 spiro atoms. The van der Waals surface area contributed by atoms with Crippen LogP contribution in [0.25, 0.3) is 109 Å². The lowest BCUT2D eigenvalue weighted by atomic mass is 9.96. The normalized spacial score (nSPS) is 12.7. The van der Waals surface area contributed by atoms with Crippen molar-refractivity contribution in [1.82, 2.24) is 15.0 Å². The van der Waals surface area contributed by atoms with Crippen molar-refractivity contribution >= 4 is 109 Å². The molecule has 0 aliphatic carbocycles. The summed E-state index contributed by atoms with van der Waals surface area (Å²) in [5.41, 5.74) is 7.08. The highest BCUT2D eigenvalue weighted by molar-refractivity contribution is 6.24. The summed E-state index contributed by atoms with van der Waals surface area (Å²) in [7, 11) is 0. The molecule has 0 radical (unpaired) electrons. The Morgan fingerprint density at radius 1 is 0.233 bits per heavy atom. The lowest BCUT2D eigenvalue weighted by Gasteiger charge is -2.07. The summed E-state index contributed by atoms with van der Waals surface area (Å²) in [5, 5.41) is 17.8. The molecule has 0 fully saturated rings. The van der Waals surface area contributed by atoms with Gasteiger partial charge in [-0.1, -0.05) is 60.7 Å². The van der Waals surface area contributed by atoms with Gasteiger partial charge in [0.1, 0.15) is 0 Å². The van der Waals surface area contributed by atoms with Crippen LogP contribution in [-0.4, -0.2) is 15.0 Å². The number of aromatic amines is 3. The molecule has 0 atom stereocenters. The van der Waals surface area contributed by atoms with E-state index in [1.165, 1.54) is 109 Å². The van der Waals surface area contributed by atoms with Gasteiger partial charge in [-0.3, -0.25) is 0 Å². The van der Waals surface area contributed by atoms with Gasteiger partial charge >= 0.3 is 0 Å². The van der Waals surface area contributed by atoms with Gasteiger partial charge in [0.05, 0.1) is 0 Å². The van der Waals surface area contributed by atoms with Gasteiger partial charge in [-0.25, -0.2) is 0 Å². The summed E-state index contributed by atoms with van der Waals surface area (Å²) in [6, 6.07) is 45.0. The van der Waals surface area contributed by atoms with Crippen LogP contribution in [0.15, 0.2) is 121 Å². The lowest BCUT2D eigenvalue weighted by molar-refractivity contribution is 1.55. The topological polar surface area (TPSA) is 47.4 Å². The highest BCUT2D eigenvalue weighted by Crippen LogP contribution is 2.39. The number of hydrogen-bond acceptors (Lipinski definition) is 0. The highest BCUT2D eigenvalue weighted by Gasteiger charge is 2.14. The smallest absolute Gasteiger partial charge is 0.0471 e. The van der Waals surface area contributed by atoms with Crippen molar-refractivity contribution < 1.29 is 0 Å². The van der Waals surface area contributed by atoms with Crippen LogP contribution in [0.5, 0.6) is 0 Å². The van der Waals surface area contributed by atoms with Crippen LogP contribution in [0.4, 0.5) is 0 Å². The average molecular weight is 546 g/mol. The Hall–Kier alpha value is -5.80. The van der Waals surface area contributed by atoms with Crippen LogP contribution < -0.4 is 0 Å². The molecule has 0 bridgehead atoms. The summed E-state index contributed by atoms with van der Waals surface area (Å²) in [6.45, 7) is 0. The van der Waals surface area contributed by atoms with Crippen molar-refractivity contribution in [2.75, 3.05) is 0 Å². The third kappa shape index (κ3) is 2.84. The molecule has 0 saturated carbocycles. The van der Waals surface area contributed by atoms with E-state index in [-0.39, 0.29) is 0 Å². The Labute approximate surface area is 244 Å². The highest BCUT2D eigenvalue weighted by atomic mass is 14.7. The number of rotatable bonds is 0. The van der Waals surface area contributed by atoms with Crippen LogP contribution in [0, 0.1) is 0 Å². The fourth-order valence-electron chi connectivity index (χ4n) is 7.70. The molecule has 0 unspecified atom stereocenters. The predicted molar refractivity (Wildman–Crippen MR) is 185 cm³/mol. The van der Waals surface area contributed by atoms with Crippen molar-refractivity contribution in [2.24, 2.45) is 0 Å². The third-order valence-electron chi connectivity index (χ3n) is 9.76. The molecule has 198 valence electrons. The number of aromatic nitrogens is 3. The van der Waals surface area contributed by atoms with E-state index in [0.29, 0.717) is 0 Å². The van der Waals surface area contributed by atoms with Gasteiger partial charge in [-0.2, -0.15) is 0 Å². The first-order valence-corrected chi connectivity index (χ1v) is 14.8. The average Bonchev–Trinajstić information content (AvgIpc) is 3.70. The number of H-pyrrole nitrogens is 3. The maximum Gasteiger partial charge on any atom is 0.0471 e. The van der Waals surface area contributed by atoms with Crippen molar-refractivity contribution in [1.29, 1.82) is 0 Å². The SMILES string of the molecule is c1ccc2c(c1)[nH]c1cc3ccc4cc5[nH]c6cc7ccc8cc9[nH]c%10ccccc%10c9cc8c7cc6c5cc4c3cc12. The number of benzene rings is 8. The largest absolute Gasteiger partial charge is 0.354 e. The molecule has 3 aromatic heterocycles. The van der Waals surface area contributed by atoms with Gasteiger partial charge in [0, 0.05) is 65.4 Å². The Bertz CT molecular complexity index is 2800. The molecular formula is C40H23N3. The van der Waals surface area contributed by atoms with Crippen molar-refractivity contribution in [3.63, 3.8) is 0 Å². The molecule has 0 saturated heterocycles. The summed E-state index contributed by atoms with van der Waals surface area (Å²) < 4.78 is 0. The van der Waals surface area contributed by atoms with Gasteiger partial charge in [-0.15, -0.1) is 0 Å². The van der Waals surface area contributed by atoms with E-state index in [9.17, 15) is 0 Å². The van der Waals surface area contributed by atoms with Crippen LogP contribution in [0.1, 0.15) is 0 Å². The monoisotopic (exact) mass is 545 g/mol. The third-order valence-corrected chi connectivity index (χ3v) is 9.76. The van der Waals surface area contributed by atoms with E-state index in [1.54, 1.807) is 0 Å². The molecule has 3 heterocycles. The van der Waals surface area contributed by atoms with Crippen molar-refractivity contribution in [3.8, 4) is 0 Å². The van der Waals surface area contributed by atoms with Crippen LogP contribution in [0.2, 0.25) is 0 Å². The fourth-order valence-corrected chi connectivity index (χ4v) is 7.70. The zero-order valence-corrected chi connectivity index (χ0v) is 23.0. The summed E-state index contributed by atoms with van der Waals surface area (Å²) in [4.78, 5) is 11.0. The molecule has 11 aromatic rings. The zero-order chi connectivity index (χ0) is 27.8. The quantitative estimate of drug-likeness (QED) is 0.159. The van der Waals surface area contributed by atoms with E-state index in [2.05, 4.69) is 136 Å². The van der Waals surface area contributed by atoms with Crippen molar-refractivity contribution in [3.05, 3.63) is 121 Å². The first-order valence-electron chi connectivity index (χ1n) is 14.8. The summed E-state index contributed by atoms with van der Waals surface area (Å²) in [6.07, 6.45) is 0. The second-order valence-corrected chi connectivity index (χ2v) is 12.1. The van der Waals surface area contributed by atoms with Gasteiger partial charge in [-0.05, 0) is 104 Å². The minimum Gasteiger partial charge on any atom is -0.354 e. The molecule has 8 aromatic carbocycles. The Balaban J connectivity index is 1.23. The number of para-hydroxylation sites is 2. The van der Waals surface area contributed by atoms with Gasteiger partial charge in [0.25, 0.3) is 0 Å². The second kappa shape index (κ2) is 7.53. The number of nitrogens with one attached hydrogen (secondary N) is 3. The second-order valence-electron chi connectivity index (χ2n) is 12.1. The van der Waals surface area contributed by atoms with Gasteiger partial charge < -0.3 is 15.0 Å². The molecule has 43 heavy (non-hydrogen) atoms. The molecule has 0 aliphatic rings. The molecule has 0 aliphatic heterocycles. The molecule has 0 amide bonds. The molecule has 3 heteroatoms. The molecule has 3 N–H and O–H groups in total. The Kier molecular flexibility index (Phi) is 3.83. The number of fused-ring (bicyclic) bond motifs is 15. The first-order chi connectivity index (χ1) is 21.2. The van der Waals surface area contributed by atoms with Crippen molar-refractivity contribution in [2.45, 2.75) is 0 Å². The minimum atomic E-state index is 1.17. The van der Waals surface area contributed by atoms with Crippen LogP contribution in [0.3, 0.4) is 0 Å². The Morgan fingerprint density at radius 3 is 0.907 bits per heavy atom. The van der Waals surface area contributed by atoms with Gasteiger partial charge in [0.15, 0.2) is 0 Å². The van der Waals surface area contributed by atoms with Crippen LogP contribution in [-0.2, 0) is 0 Å². The molecule has 11 rings (SSSR count). The first kappa shape index (κ1) is 21.9. The molecular weight excluding hydrogens is 522 g/mol. The minimum absolute atomic E-state index is 1.17. The Morgan fingerprint density at radius 2 is 0.535 bits per heavy atom.